The fourth-order valence-corrected chi connectivity index (χ4v) is 3.15. The molecule has 2 aliphatic rings. The summed E-state index contributed by atoms with van der Waals surface area (Å²) < 4.78 is 0. The number of hydrogen-bond donors (Lipinski definition) is 1. The van der Waals surface area contributed by atoms with Crippen molar-refractivity contribution in [1.29, 1.82) is 0 Å². The van der Waals surface area contributed by atoms with Crippen LogP contribution in [-0.2, 0) is 19.3 Å². The maximum atomic E-state index is 9.89. The lowest BCUT2D eigenvalue weighted by atomic mass is 9.95. The Morgan fingerprint density at radius 2 is 2.07 bits per heavy atom. The van der Waals surface area contributed by atoms with E-state index in [2.05, 4.69) is 13.0 Å². The number of fused-ring (bicyclic) bond motifs is 2. The van der Waals surface area contributed by atoms with E-state index in [0.717, 1.165) is 12.8 Å². The minimum Gasteiger partial charge on any atom is -0.388 e. The molecule has 0 amide bonds. The van der Waals surface area contributed by atoms with Crippen molar-refractivity contribution < 1.29 is 5.11 Å². The van der Waals surface area contributed by atoms with E-state index in [1.54, 1.807) is 5.56 Å². The van der Waals surface area contributed by atoms with Crippen LogP contribution in [0.1, 0.15) is 46.8 Å². The molecule has 0 spiro atoms. The smallest absolute Gasteiger partial charge is 0.0798 e. The number of rotatable bonds is 0. The zero-order valence-corrected chi connectivity index (χ0v) is 8.64. The summed E-state index contributed by atoms with van der Waals surface area (Å²) in [6.07, 6.45) is 5.59. The van der Waals surface area contributed by atoms with Gasteiger partial charge in [-0.1, -0.05) is 6.07 Å². The molecule has 0 saturated heterocycles. The van der Waals surface area contributed by atoms with E-state index in [1.165, 1.54) is 41.5 Å². The monoisotopic (exact) mass is 188 g/mol. The van der Waals surface area contributed by atoms with Crippen LogP contribution in [0.25, 0.3) is 0 Å². The van der Waals surface area contributed by atoms with Crippen molar-refractivity contribution in [3.05, 3.63) is 33.9 Å². The van der Waals surface area contributed by atoms with Crippen molar-refractivity contribution in [1.82, 2.24) is 0 Å². The van der Waals surface area contributed by atoms with Crippen LogP contribution >= 0.6 is 0 Å². The first-order chi connectivity index (χ1) is 6.77. The summed E-state index contributed by atoms with van der Waals surface area (Å²) in [5, 5.41) is 9.89. The Morgan fingerprint density at radius 1 is 1.21 bits per heavy atom. The lowest BCUT2D eigenvalue weighted by Crippen LogP contribution is -1.99. The van der Waals surface area contributed by atoms with Crippen LogP contribution in [0.15, 0.2) is 6.07 Å². The van der Waals surface area contributed by atoms with Gasteiger partial charge in [0.2, 0.25) is 0 Å². The Bertz CT molecular complexity index is 393. The molecule has 0 saturated carbocycles. The Balaban J connectivity index is 2.25. The van der Waals surface area contributed by atoms with Crippen LogP contribution in [-0.4, -0.2) is 5.11 Å². The summed E-state index contributed by atoms with van der Waals surface area (Å²) in [6, 6.07) is 2.35. The molecule has 0 radical (unpaired) electrons. The molecule has 1 atom stereocenters. The van der Waals surface area contributed by atoms with Crippen molar-refractivity contribution in [2.24, 2.45) is 0 Å². The van der Waals surface area contributed by atoms with Crippen molar-refractivity contribution in [2.45, 2.75) is 45.1 Å². The summed E-state index contributed by atoms with van der Waals surface area (Å²) in [4.78, 5) is 0. The summed E-state index contributed by atoms with van der Waals surface area (Å²) in [5.41, 5.74) is 7.14. The van der Waals surface area contributed by atoms with Gasteiger partial charge < -0.3 is 5.11 Å². The SMILES string of the molecule is Cc1c2c(cc3c1[C@@H](O)CC3)CCC2. The number of benzene rings is 1. The first kappa shape index (κ1) is 8.49. The molecular formula is C13H16O. The van der Waals surface area contributed by atoms with Crippen LogP contribution in [0, 0.1) is 6.92 Å². The van der Waals surface area contributed by atoms with E-state index < -0.39 is 0 Å². The van der Waals surface area contributed by atoms with Crippen LogP contribution < -0.4 is 0 Å². The second kappa shape index (κ2) is 2.83. The van der Waals surface area contributed by atoms with Gasteiger partial charge in [-0.15, -0.1) is 0 Å². The van der Waals surface area contributed by atoms with Crippen molar-refractivity contribution in [3.8, 4) is 0 Å². The third-order valence-electron chi connectivity index (χ3n) is 3.83. The van der Waals surface area contributed by atoms with Crippen LogP contribution in [0.5, 0.6) is 0 Å². The molecule has 1 nitrogen and oxygen atoms in total. The molecule has 0 bridgehead atoms. The molecule has 0 fully saturated rings. The van der Waals surface area contributed by atoms with Gasteiger partial charge in [0.1, 0.15) is 0 Å². The van der Waals surface area contributed by atoms with E-state index in [1.807, 2.05) is 0 Å². The first-order valence-corrected chi connectivity index (χ1v) is 5.59. The molecule has 0 unspecified atom stereocenters. The van der Waals surface area contributed by atoms with E-state index >= 15 is 0 Å². The molecule has 1 aromatic carbocycles. The van der Waals surface area contributed by atoms with E-state index in [4.69, 9.17) is 0 Å². The van der Waals surface area contributed by atoms with E-state index in [9.17, 15) is 5.11 Å². The molecule has 14 heavy (non-hydrogen) atoms. The second-order valence-corrected chi connectivity index (χ2v) is 4.62. The van der Waals surface area contributed by atoms with Gasteiger partial charge in [0.25, 0.3) is 0 Å². The standard InChI is InChI=1S/C13H16O/c1-8-11-4-2-3-9(11)7-10-5-6-12(14)13(8)10/h7,12,14H,2-6H2,1H3/t12-/m0/s1. The van der Waals surface area contributed by atoms with Crippen LogP contribution in [0.3, 0.4) is 0 Å². The fraction of sp³-hybridized carbons (Fsp3) is 0.538. The maximum absolute atomic E-state index is 9.89. The quantitative estimate of drug-likeness (QED) is 0.663. The Hall–Kier alpha value is -0.820. The summed E-state index contributed by atoms with van der Waals surface area (Å²) in [6.45, 7) is 2.19. The van der Waals surface area contributed by atoms with Gasteiger partial charge in [0.05, 0.1) is 6.10 Å². The zero-order chi connectivity index (χ0) is 9.71. The molecule has 1 N–H and O–H groups in total. The highest BCUT2D eigenvalue weighted by molar-refractivity contribution is 5.50. The van der Waals surface area contributed by atoms with Crippen molar-refractivity contribution in [2.75, 3.05) is 0 Å². The van der Waals surface area contributed by atoms with Crippen LogP contribution in [0.2, 0.25) is 0 Å². The molecule has 2 aliphatic carbocycles. The highest BCUT2D eigenvalue weighted by Gasteiger charge is 2.26. The van der Waals surface area contributed by atoms with Gasteiger partial charge in [-0.2, -0.15) is 0 Å². The van der Waals surface area contributed by atoms with Crippen molar-refractivity contribution >= 4 is 0 Å². The molecule has 0 aliphatic heterocycles. The van der Waals surface area contributed by atoms with E-state index in [-0.39, 0.29) is 6.10 Å². The predicted octanol–water partition coefficient (Wildman–Crippen LogP) is 2.46. The molecule has 0 aromatic heterocycles. The number of aliphatic hydroxyl groups is 1. The summed E-state index contributed by atoms with van der Waals surface area (Å²) in [7, 11) is 0. The normalized spacial score (nSPS) is 23.7. The van der Waals surface area contributed by atoms with Gasteiger partial charge in [-0.05, 0) is 66.8 Å². The Morgan fingerprint density at radius 3 is 2.93 bits per heavy atom. The lowest BCUT2D eigenvalue weighted by Gasteiger charge is -2.13. The highest BCUT2D eigenvalue weighted by atomic mass is 16.3. The summed E-state index contributed by atoms with van der Waals surface area (Å²) in [5.74, 6) is 0. The number of hydrogen-bond acceptors (Lipinski definition) is 1. The third kappa shape index (κ3) is 0.992. The molecule has 1 heteroatoms. The van der Waals surface area contributed by atoms with Gasteiger partial charge >= 0.3 is 0 Å². The minimum atomic E-state index is -0.184. The molecule has 1 aromatic rings. The van der Waals surface area contributed by atoms with Crippen LogP contribution in [0.4, 0.5) is 0 Å². The lowest BCUT2D eigenvalue weighted by molar-refractivity contribution is 0.179. The highest BCUT2D eigenvalue weighted by Crippen LogP contribution is 2.39. The summed E-state index contributed by atoms with van der Waals surface area (Å²) >= 11 is 0. The molecule has 74 valence electrons. The number of aliphatic hydroxyl groups excluding tert-OH is 1. The largest absolute Gasteiger partial charge is 0.388 e. The predicted molar refractivity (Wildman–Crippen MR) is 56.5 cm³/mol. The second-order valence-electron chi connectivity index (χ2n) is 4.62. The van der Waals surface area contributed by atoms with Gasteiger partial charge in [0, 0.05) is 0 Å². The molecule has 0 heterocycles. The Labute approximate surface area is 84.8 Å². The Kier molecular flexibility index (Phi) is 1.72. The third-order valence-corrected chi connectivity index (χ3v) is 3.83. The van der Waals surface area contributed by atoms with E-state index in [0.29, 0.717) is 0 Å². The topological polar surface area (TPSA) is 20.2 Å². The minimum absolute atomic E-state index is 0.184. The zero-order valence-electron chi connectivity index (χ0n) is 8.64. The molecular weight excluding hydrogens is 172 g/mol. The van der Waals surface area contributed by atoms with Gasteiger partial charge in [-0.25, -0.2) is 0 Å². The average Bonchev–Trinajstić information content (AvgIpc) is 2.74. The fourth-order valence-electron chi connectivity index (χ4n) is 3.15. The van der Waals surface area contributed by atoms with Crippen molar-refractivity contribution in [3.63, 3.8) is 0 Å². The average molecular weight is 188 g/mol. The molecule has 3 rings (SSSR count). The van der Waals surface area contributed by atoms with Gasteiger partial charge in [-0.3, -0.25) is 0 Å². The van der Waals surface area contributed by atoms with Gasteiger partial charge in [0.15, 0.2) is 0 Å². The first-order valence-electron chi connectivity index (χ1n) is 5.59. The maximum Gasteiger partial charge on any atom is 0.0798 e. The number of aryl methyl sites for hydroxylation is 2.